The van der Waals surface area contributed by atoms with E-state index in [1.807, 2.05) is 11.0 Å². The number of hydrogen-bond acceptors (Lipinski definition) is 3. The third-order valence-electron chi connectivity index (χ3n) is 4.05. The van der Waals surface area contributed by atoms with Crippen LogP contribution >= 0.6 is 0 Å². The Kier molecular flexibility index (Phi) is 4.63. The van der Waals surface area contributed by atoms with Crippen molar-refractivity contribution in [1.82, 2.24) is 9.88 Å². The van der Waals surface area contributed by atoms with Gasteiger partial charge >= 0.3 is 0 Å². The number of pyridine rings is 1. The van der Waals surface area contributed by atoms with E-state index in [-0.39, 0.29) is 5.91 Å². The summed E-state index contributed by atoms with van der Waals surface area (Å²) in [7, 11) is 0. The number of nitrogens with zero attached hydrogens (tertiary/aromatic N) is 2. The van der Waals surface area contributed by atoms with E-state index >= 15 is 0 Å². The number of aromatic nitrogens is 1. The normalized spacial score (nSPS) is 22.9. The molecule has 0 saturated carbocycles. The molecule has 1 amide bonds. The second kappa shape index (κ2) is 6.25. The summed E-state index contributed by atoms with van der Waals surface area (Å²) in [4.78, 5) is 18.9. The molecule has 0 aromatic carbocycles. The van der Waals surface area contributed by atoms with E-state index in [1.54, 1.807) is 6.07 Å². The number of carbonyl (C=O) groups excluding carboxylic acids is 1. The Morgan fingerprint density at radius 3 is 2.85 bits per heavy atom. The van der Waals surface area contributed by atoms with Crippen LogP contribution < -0.4 is 5.73 Å². The van der Waals surface area contributed by atoms with Gasteiger partial charge in [-0.05, 0) is 44.2 Å². The predicted octanol–water partition coefficient (Wildman–Crippen LogP) is 2.88. The van der Waals surface area contributed by atoms with Gasteiger partial charge in [0.2, 0.25) is 0 Å². The zero-order valence-electron chi connectivity index (χ0n) is 12.7. The number of nitrogen functional groups attached to an aromatic ring is 1. The first-order valence-corrected chi connectivity index (χ1v) is 7.58. The van der Waals surface area contributed by atoms with Crippen LogP contribution in [0.2, 0.25) is 0 Å². The molecular formula is C16H25N3O. The standard InChI is InChI=1S/C16H25N3O/c1-4-5-14-9-13(10-15(17)18-14)16(20)19-7-6-11(2)8-12(19)3/h9-12H,4-8H2,1-3H3,(H2,17,18). The fourth-order valence-electron chi connectivity index (χ4n) is 2.99. The summed E-state index contributed by atoms with van der Waals surface area (Å²) >= 11 is 0. The molecule has 4 heteroatoms. The largest absolute Gasteiger partial charge is 0.384 e. The van der Waals surface area contributed by atoms with Gasteiger partial charge in [0.1, 0.15) is 5.82 Å². The molecular weight excluding hydrogens is 250 g/mol. The van der Waals surface area contributed by atoms with E-state index in [4.69, 9.17) is 5.73 Å². The molecule has 2 atom stereocenters. The molecule has 1 aromatic heterocycles. The second-order valence-corrected chi connectivity index (χ2v) is 6.00. The molecule has 1 fully saturated rings. The van der Waals surface area contributed by atoms with Crippen molar-refractivity contribution in [3.05, 3.63) is 23.4 Å². The first kappa shape index (κ1) is 14.8. The molecule has 0 aliphatic carbocycles. The summed E-state index contributed by atoms with van der Waals surface area (Å²) in [6, 6.07) is 3.90. The van der Waals surface area contributed by atoms with Crippen LogP contribution in [0.25, 0.3) is 0 Å². The van der Waals surface area contributed by atoms with E-state index in [2.05, 4.69) is 25.8 Å². The smallest absolute Gasteiger partial charge is 0.254 e. The van der Waals surface area contributed by atoms with Gasteiger partial charge in [0.25, 0.3) is 5.91 Å². The lowest BCUT2D eigenvalue weighted by Gasteiger charge is -2.36. The average molecular weight is 275 g/mol. The van der Waals surface area contributed by atoms with Gasteiger partial charge in [0.05, 0.1) is 0 Å². The molecule has 110 valence electrons. The highest BCUT2D eigenvalue weighted by Gasteiger charge is 2.27. The highest BCUT2D eigenvalue weighted by molar-refractivity contribution is 5.95. The Bertz CT molecular complexity index is 487. The van der Waals surface area contributed by atoms with E-state index in [9.17, 15) is 4.79 Å². The van der Waals surface area contributed by atoms with Crippen molar-refractivity contribution in [2.24, 2.45) is 5.92 Å². The second-order valence-electron chi connectivity index (χ2n) is 6.00. The van der Waals surface area contributed by atoms with E-state index < -0.39 is 0 Å². The van der Waals surface area contributed by atoms with Crippen LogP contribution in [-0.2, 0) is 6.42 Å². The van der Waals surface area contributed by atoms with Crippen molar-refractivity contribution in [3.63, 3.8) is 0 Å². The van der Waals surface area contributed by atoms with Gasteiger partial charge in [0, 0.05) is 23.8 Å². The number of nitrogens with two attached hydrogens (primary N) is 1. The minimum atomic E-state index is 0.0934. The van der Waals surface area contributed by atoms with Crippen LogP contribution in [-0.4, -0.2) is 28.4 Å². The Labute approximate surface area is 121 Å². The number of piperidine rings is 1. The molecule has 4 nitrogen and oxygen atoms in total. The first-order chi connectivity index (χ1) is 9.51. The maximum absolute atomic E-state index is 12.7. The SMILES string of the molecule is CCCc1cc(C(=O)N2CCC(C)CC2C)cc(N)n1. The molecule has 1 aromatic rings. The molecule has 0 bridgehead atoms. The minimum absolute atomic E-state index is 0.0934. The molecule has 2 N–H and O–H groups in total. The Balaban J connectivity index is 2.20. The number of hydrogen-bond donors (Lipinski definition) is 1. The summed E-state index contributed by atoms with van der Waals surface area (Å²) in [6.07, 6.45) is 4.02. The van der Waals surface area contributed by atoms with Crippen molar-refractivity contribution < 1.29 is 4.79 Å². The van der Waals surface area contributed by atoms with Crippen LogP contribution in [0, 0.1) is 5.92 Å². The van der Waals surface area contributed by atoms with Gasteiger partial charge in [0.15, 0.2) is 0 Å². The van der Waals surface area contributed by atoms with Gasteiger partial charge in [-0.3, -0.25) is 4.79 Å². The monoisotopic (exact) mass is 275 g/mol. The molecule has 0 spiro atoms. The topological polar surface area (TPSA) is 59.2 Å². The van der Waals surface area contributed by atoms with Crippen LogP contribution in [0.3, 0.4) is 0 Å². The zero-order chi connectivity index (χ0) is 14.7. The van der Waals surface area contributed by atoms with Gasteiger partial charge in [-0.15, -0.1) is 0 Å². The molecule has 0 radical (unpaired) electrons. The third-order valence-corrected chi connectivity index (χ3v) is 4.05. The number of carbonyl (C=O) groups is 1. The van der Waals surface area contributed by atoms with Crippen molar-refractivity contribution >= 4 is 11.7 Å². The van der Waals surface area contributed by atoms with Gasteiger partial charge < -0.3 is 10.6 Å². The van der Waals surface area contributed by atoms with E-state index in [0.29, 0.717) is 23.3 Å². The maximum atomic E-state index is 12.7. The van der Waals surface area contributed by atoms with Crippen LogP contribution in [0.15, 0.2) is 12.1 Å². The highest BCUT2D eigenvalue weighted by atomic mass is 16.2. The summed E-state index contributed by atoms with van der Waals surface area (Å²) in [6.45, 7) is 7.32. The number of likely N-dealkylation sites (tertiary alicyclic amines) is 1. The van der Waals surface area contributed by atoms with Crippen LogP contribution in [0.5, 0.6) is 0 Å². The molecule has 1 aliphatic heterocycles. The molecule has 1 aliphatic rings. The molecule has 2 rings (SSSR count). The van der Waals surface area contributed by atoms with Gasteiger partial charge in [-0.1, -0.05) is 20.3 Å². The summed E-state index contributed by atoms with van der Waals surface area (Å²) in [5, 5.41) is 0. The van der Waals surface area contributed by atoms with Crippen LogP contribution in [0.4, 0.5) is 5.82 Å². The highest BCUT2D eigenvalue weighted by Crippen LogP contribution is 2.24. The minimum Gasteiger partial charge on any atom is -0.384 e. The number of amides is 1. The molecule has 2 unspecified atom stereocenters. The average Bonchev–Trinajstić information content (AvgIpc) is 2.37. The Morgan fingerprint density at radius 2 is 2.20 bits per heavy atom. The quantitative estimate of drug-likeness (QED) is 0.922. The van der Waals surface area contributed by atoms with E-state index in [1.165, 1.54) is 0 Å². The van der Waals surface area contributed by atoms with Crippen molar-refractivity contribution in [2.75, 3.05) is 12.3 Å². The van der Waals surface area contributed by atoms with Crippen LogP contribution in [0.1, 0.15) is 56.1 Å². The number of anilines is 1. The Morgan fingerprint density at radius 1 is 1.45 bits per heavy atom. The predicted molar refractivity (Wildman–Crippen MR) is 81.5 cm³/mol. The number of aryl methyl sites for hydroxylation is 1. The zero-order valence-corrected chi connectivity index (χ0v) is 12.7. The van der Waals surface area contributed by atoms with Crippen molar-refractivity contribution in [2.45, 2.75) is 52.5 Å². The van der Waals surface area contributed by atoms with E-state index in [0.717, 1.165) is 37.9 Å². The lowest BCUT2D eigenvalue weighted by atomic mass is 9.93. The van der Waals surface area contributed by atoms with Gasteiger partial charge in [-0.25, -0.2) is 4.98 Å². The fourth-order valence-corrected chi connectivity index (χ4v) is 2.99. The Hall–Kier alpha value is -1.58. The summed E-state index contributed by atoms with van der Waals surface area (Å²) in [5.41, 5.74) is 7.43. The lowest BCUT2D eigenvalue weighted by Crippen LogP contribution is -2.44. The fraction of sp³-hybridized carbons (Fsp3) is 0.625. The van der Waals surface area contributed by atoms with Crippen molar-refractivity contribution in [3.8, 4) is 0 Å². The molecule has 2 heterocycles. The maximum Gasteiger partial charge on any atom is 0.254 e. The summed E-state index contributed by atoms with van der Waals surface area (Å²) < 4.78 is 0. The molecule has 20 heavy (non-hydrogen) atoms. The first-order valence-electron chi connectivity index (χ1n) is 7.58. The van der Waals surface area contributed by atoms with Gasteiger partial charge in [-0.2, -0.15) is 0 Å². The molecule has 1 saturated heterocycles. The summed E-state index contributed by atoms with van der Waals surface area (Å²) in [5.74, 6) is 1.24. The number of rotatable bonds is 3. The third kappa shape index (κ3) is 3.30. The lowest BCUT2D eigenvalue weighted by molar-refractivity contribution is 0.0588. The van der Waals surface area contributed by atoms with Crippen molar-refractivity contribution in [1.29, 1.82) is 0 Å².